The van der Waals surface area contributed by atoms with Crippen molar-refractivity contribution in [2.45, 2.75) is 0 Å². The van der Waals surface area contributed by atoms with Gasteiger partial charge in [0.2, 0.25) is 6.79 Å². The molecule has 3 rings (SSSR count). The second kappa shape index (κ2) is 5.91. The molecule has 2 N–H and O–H groups in total. The second-order valence-electron chi connectivity index (χ2n) is 4.60. The molecular weight excluding hydrogens is 310 g/mol. The van der Waals surface area contributed by atoms with E-state index in [4.69, 9.17) is 9.47 Å². The Morgan fingerprint density at radius 2 is 1.65 bits per heavy atom. The number of nitrogens with one attached hydrogen (secondary N) is 2. The maximum atomic E-state index is 13.4. The van der Waals surface area contributed by atoms with Gasteiger partial charge in [-0.25, -0.2) is 8.78 Å². The molecule has 0 aromatic heterocycles. The molecule has 0 bridgehead atoms. The molecule has 2 amide bonds. The summed E-state index contributed by atoms with van der Waals surface area (Å²) in [6.45, 7) is 0.0755. The van der Waals surface area contributed by atoms with E-state index >= 15 is 0 Å². The van der Waals surface area contributed by atoms with Crippen molar-refractivity contribution < 1.29 is 27.8 Å². The highest BCUT2D eigenvalue weighted by atomic mass is 19.1. The number of ether oxygens (including phenoxy) is 2. The van der Waals surface area contributed by atoms with Crippen LogP contribution in [0.1, 0.15) is 0 Å². The molecule has 1 heterocycles. The molecule has 8 heteroatoms. The monoisotopic (exact) mass is 320 g/mol. The normalized spacial score (nSPS) is 11.9. The molecular formula is C15H10F2N2O4. The summed E-state index contributed by atoms with van der Waals surface area (Å²) in [4.78, 5) is 23.5. The molecule has 0 saturated heterocycles. The number of rotatable bonds is 2. The zero-order valence-corrected chi connectivity index (χ0v) is 11.6. The predicted octanol–water partition coefficient (Wildman–Crippen LogP) is 2.27. The van der Waals surface area contributed by atoms with Crippen LogP contribution in [0.5, 0.6) is 11.5 Å². The third-order valence-electron chi connectivity index (χ3n) is 3.01. The number of hydrogen-bond acceptors (Lipinski definition) is 4. The van der Waals surface area contributed by atoms with E-state index in [1.165, 1.54) is 12.1 Å². The molecule has 2 aromatic carbocycles. The highest BCUT2D eigenvalue weighted by molar-refractivity contribution is 6.43. The van der Waals surface area contributed by atoms with Crippen LogP contribution in [0.2, 0.25) is 0 Å². The SMILES string of the molecule is O=C(Nc1ccc2c(c1)OCO2)C(=O)Nc1cc(F)ccc1F. The van der Waals surface area contributed by atoms with E-state index in [9.17, 15) is 18.4 Å². The van der Waals surface area contributed by atoms with Crippen LogP contribution < -0.4 is 20.1 Å². The van der Waals surface area contributed by atoms with Crippen molar-refractivity contribution in [3.8, 4) is 11.5 Å². The Morgan fingerprint density at radius 1 is 0.913 bits per heavy atom. The summed E-state index contributed by atoms with van der Waals surface area (Å²) in [5, 5.41) is 4.32. The third-order valence-corrected chi connectivity index (χ3v) is 3.01. The first-order valence-electron chi connectivity index (χ1n) is 6.50. The Labute approximate surface area is 129 Å². The number of amides is 2. The fourth-order valence-corrected chi connectivity index (χ4v) is 1.93. The van der Waals surface area contributed by atoms with Gasteiger partial charge in [0, 0.05) is 17.8 Å². The number of benzene rings is 2. The van der Waals surface area contributed by atoms with Gasteiger partial charge in [-0.05, 0) is 24.3 Å². The second-order valence-corrected chi connectivity index (χ2v) is 4.60. The fraction of sp³-hybridized carbons (Fsp3) is 0.0667. The zero-order valence-electron chi connectivity index (χ0n) is 11.6. The minimum absolute atomic E-state index is 0.0755. The van der Waals surface area contributed by atoms with Crippen LogP contribution in [0.3, 0.4) is 0 Å². The summed E-state index contributed by atoms with van der Waals surface area (Å²) >= 11 is 0. The number of halogens is 2. The number of carbonyl (C=O) groups is 2. The average Bonchev–Trinajstić information content (AvgIpc) is 2.98. The number of carbonyl (C=O) groups excluding carboxylic acids is 2. The molecule has 0 saturated carbocycles. The van der Waals surface area contributed by atoms with Crippen molar-refractivity contribution >= 4 is 23.2 Å². The summed E-state index contributed by atoms with van der Waals surface area (Å²) in [6, 6.07) is 7.10. The predicted molar refractivity (Wildman–Crippen MR) is 76.2 cm³/mol. The fourth-order valence-electron chi connectivity index (χ4n) is 1.93. The Hall–Kier alpha value is -3.16. The van der Waals surface area contributed by atoms with Crippen molar-refractivity contribution in [1.29, 1.82) is 0 Å². The average molecular weight is 320 g/mol. The van der Waals surface area contributed by atoms with Gasteiger partial charge < -0.3 is 20.1 Å². The van der Waals surface area contributed by atoms with Crippen LogP contribution in [-0.2, 0) is 9.59 Å². The van der Waals surface area contributed by atoms with Gasteiger partial charge in [0.25, 0.3) is 0 Å². The van der Waals surface area contributed by atoms with Crippen LogP contribution in [0, 0.1) is 11.6 Å². The van der Waals surface area contributed by atoms with Gasteiger partial charge in [0.05, 0.1) is 5.69 Å². The molecule has 0 radical (unpaired) electrons. The summed E-state index contributed by atoms with van der Waals surface area (Å²) in [5.41, 5.74) is -0.120. The van der Waals surface area contributed by atoms with Gasteiger partial charge in [-0.15, -0.1) is 0 Å². The Balaban J connectivity index is 1.68. The molecule has 6 nitrogen and oxygen atoms in total. The molecule has 0 spiro atoms. The van der Waals surface area contributed by atoms with E-state index in [-0.39, 0.29) is 6.79 Å². The largest absolute Gasteiger partial charge is 0.454 e. The van der Waals surface area contributed by atoms with Crippen LogP contribution in [-0.4, -0.2) is 18.6 Å². The smallest absolute Gasteiger partial charge is 0.314 e. The van der Waals surface area contributed by atoms with Gasteiger partial charge in [-0.3, -0.25) is 9.59 Å². The van der Waals surface area contributed by atoms with E-state index in [0.29, 0.717) is 17.2 Å². The summed E-state index contributed by atoms with van der Waals surface area (Å²) in [6.07, 6.45) is 0. The van der Waals surface area contributed by atoms with Gasteiger partial charge in [0.1, 0.15) is 11.6 Å². The maximum absolute atomic E-state index is 13.4. The van der Waals surface area contributed by atoms with Crippen LogP contribution in [0.15, 0.2) is 36.4 Å². The third kappa shape index (κ3) is 3.20. The first-order chi connectivity index (χ1) is 11.0. The number of fused-ring (bicyclic) bond motifs is 1. The van der Waals surface area contributed by atoms with Crippen LogP contribution in [0.4, 0.5) is 20.2 Å². The lowest BCUT2D eigenvalue weighted by molar-refractivity contribution is -0.133. The lowest BCUT2D eigenvalue weighted by Gasteiger charge is -2.08. The van der Waals surface area contributed by atoms with Crippen LogP contribution >= 0.6 is 0 Å². The van der Waals surface area contributed by atoms with Gasteiger partial charge >= 0.3 is 11.8 Å². The topological polar surface area (TPSA) is 76.7 Å². The first-order valence-corrected chi connectivity index (χ1v) is 6.50. The molecule has 1 aliphatic heterocycles. The molecule has 0 aliphatic carbocycles. The summed E-state index contributed by atoms with van der Waals surface area (Å²) in [7, 11) is 0. The Bertz CT molecular complexity index is 795. The van der Waals surface area contributed by atoms with Crippen molar-refractivity contribution in [1.82, 2.24) is 0 Å². The van der Waals surface area contributed by atoms with E-state index in [1.807, 2.05) is 5.32 Å². The van der Waals surface area contributed by atoms with Gasteiger partial charge in [-0.2, -0.15) is 0 Å². The first kappa shape index (κ1) is 14.8. The molecule has 0 fully saturated rings. The zero-order chi connectivity index (χ0) is 16.4. The lowest BCUT2D eigenvalue weighted by Crippen LogP contribution is -2.29. The molecule has 23 heavy (non-hydrogen) atoms. The minimum atomic E-state index is -1.13. The van der Waals surface area contributed by atoms with E-state index in [1.54, 1.807) is 6.07 Å². The molecule has 2 aromatic rings. The Morgan fingerprint density at radius 3 is 2.48 bits per heavy atom. The quantitative estimate of drug-likeness (QED) is 0.832. The molecule has 1 aliphatic rings. The van der Waals surface area contributed by atoms with E-state index < -0.39 is 29.1 Å². The van der Waals surface area contributed by atoms with E-state index in [0.717, 1.165) is 18.2 Å². The van der Waals surface area contributed by atoms with E-state index in [2.05, 4.69) is 5.32 Å². The standard InChI is InChI=1S/C15H10F2N2O4/c16-8-1-3-10(17)11(5-8)19-15(21)14(20)18-9-2-4-12-13(6-9)23-7-22-12/h1-6H,7H2,(H,18,20)(H,19,21). The Kier molecular flexibility index (Phi) is 3.80. The highest BCUT2D eigenvalue weighted by Crippen LogP contribution is 2.34. The molecule has 118 valence electrons. The number of anilines is 2. The van der Waals surface area contributed by atoms with Crippen molar-refractivity contribution in [2.75, 3.05) is 17.4 Å². The van der Waals surface area contributed by atoms with Crippen LogP contribution in [0.25, 0.3) is 0 Å². The maximum Gasteiger partial charge on any atom is 0.314 e. The summed E-state index contributed by atoms with van der Waals surface area (Å²) in [5.74, 6) is -2.80. The lowest BCUT2D eigenvalue weighted by atomic mass is 10.2. The number of hydrogen-bond donors (Lipinski definition) is 2. The molecule has 0 atom stereocenters. The highest BCUT2D eigenvalue weighted by Gasteiger charge is 2.18. The van der Waals surface area contributed by atoms with Gasteiger partial charge in [-0.1, -0.05) is 0 Å². The van der Waals surface area contributed by atoms with Crippen molar-refractivity contribution in [3.05, 3.63) is 48.0 Å². The van der Waals surface area contributed by atoms with Crippen molar-refractivity contribution in [3.63, 3.8) is 0 Å². The van der Waals surface area contributed by atoms with Crippen molar-refractivity contribution in [2.24, 2.45) is 0 Å². The minimum Gasteiger partial charge on any atom is -0.454 e. The van der Waals surface area contributed by atoms with Gasteiger partial charge in [0.15, 0.2) is 11.5 Å². The summed E-state index contributed by atoms with van der Waals surface area (Å²) < 4.78 is 36.7. The molecule has 0 unspecified atom stereocenters.